The number of rotatable bonds is 6. The van der Waals surface area contributed by atoms with Gasteiger partial charge in [-0.15, -0.1) is 11.6 Å². The van der Waals surface area contributed by atoms with Crippen LogP contribution in [0.5, 0.6) is 0 Å². The summed E-state index contributed by atoms with van der Waals surface area (Å²) in [6, 6.07) is 3.73. The zero-order valence-electron chi connectivity index (χ0n) is 11.0. The topological polar surface area (TPSA) is 101 Å². The molecule has 0 aliphatic carbocycles. The van der Waals surface area contributed by atoms with Crippen molar-refractivity contribution in [1.82, 2.24) is 0 Å². The fourth-order valence-corrected chi connectivity index (χ4v) is 2.94. The summed E-state index contributed by atoms with van der Waals surface area (Å²) in [5.74, 6) is 0.0116. The minimum Gasteiger partial charge on any atom is -0.390 e. The van der Waals surface area contributed by atoms with E-state index in [-0.39, 0.29) is 27.9 Å². The highest BCUT2D eigenvalue weighted by Crippen LogP contribution is 2.22. The molecule has 0 aliphatic rings. The molecule has 2 N–H and O–H groups in total. The first-order valence-electron chi connectivity index (χ1n) is 5.57. The second-order valence-electron chi connectivity index (χ2n) is 4.43. The Bertz CT molecular complexity index is 635. The van der Waals surface area contributed by atoms with Crippen LogP contribution in [0, 0.1) is 0 Å². The summed E-state index contributed by atoms with van der Waals surface area (Å²) in [4.78, 5) is -0.216. The van der Waals surface area contributed by atoms with Crippen molar-refractivity contribution in [3.63, 3.8) is 0 Å². The van der Waals surface area contributed by atoms with E-state index in [0.717, 1.165) is 18.6 Å². The molecular weight excluding hydrogens is 326 g/mol. The lowest BCUT2D eigenvalue weighted by Crippen LogP contribution is -2.21. The fraction of sp³-hybridized carbons (Fsp3) is 0.455. The summed E-state index contributed by atoms with van der Waals surface area (Å²) in [5.41, 5.74) is 0.289. The van der Waals surface area contributed by atoms with Crippen molar-refractivity contribution in [2.24, 2.45) is 0 Å². The van der Waals surface area contributed by atoms with Gasteiger partial charge in [0.1, 0.15) is 0 Å². The molecule has 0 amide bonds. The van der Waals surface area contributed by atoms with E-state index in [4.69, 9.17) is 11.6 Å². The average Bonchev–Trinajstić information content (AvgIpc) is 2.33. The molecule has 1 rings (SSSR count). The first kappa shape index (κ1) is 17.2. The summed E-state index contributed by atoms with van der Waals surface area (Å²) in [6.07, 6.45) is 1.16. The number of hydrogen-bond acceptors (Lipinski definition) is 6. The van der Waals surface area contributed by atoms with Crippen LogP contribution in [0.2, 0.25) is 0 Å². The van der Waals surface area contributed by atoms with Crippen molar-refractivity contribution in [3.05, 3.63) is 18.2 Å². The number of nitrogens with one attached hydrogen (secondary N) is 1. The molecule has 114 valence electrons. The molecule has 9 heteroatoms. The Labute approximate surface area is 123 Å². The van der Waals surface area contributed by atoms with Gasteiger partial charge in [-0.05, 0) is 18.2 Å². The molecule has 0 fully saturated rings. The van der Waals surface area contributed by atoms with Crippen LogP contribution in [0.25, 0.3) is 0 Å². The van der Waals surface area contributed by atoms with Gasteiger partial charge in [-0.2, -0.15) is 0 Å². The number of benzene rings is 1. The summed E-state index contributed by atoms with van der Waals surface area (Å²) >= 11 is 5.44. The maximum Gasteiger partial charge on any atom is 0.175 e. The van der Waals surface area contributed by atoms with Crippen LogP contribution in [0.1, 0.15) is 0 Å². The minimum atomic E-state index is -3.55. The maximum absolute atomic E-state index is 11.6. The van der Waals surface area contributed by atoms with E-state index in [1.165, 1.54) is 12.1 Å². The van der Waals surface area contributed by atoms with Gasteiger partial charge in [-0.1, -0.05) is 0 Å². The molecule has 0 saturated carbocycles. The van der Waals surface area contributed by atoms with Gasteiger partial charge in [0, 0.05) is 24.7 Å². The Morgan fingerprint density at radius 3 is 1.90 bits per heavy atom. The summed E-state index contributed by atoms with van der Waals surface area (Å²) in [6.45, 7) is 0.0833. The molecule has 6 nitrogen and oxygen atoms in total. The predicted molar refractivity (Wildman–Crippen MR) is 77.9 cm³/mol. The Kier molecular flexibility index (Phi) is 5.42. The second-order valence-corrected chi connectivity index (χ2v) is 8.77. The zero-order chi connectivity index (χ0) is 15.6. The molecule has 1 aromatic rings. The molecule has 1 atom stereocenters. The van der Waals surface area contributed by atoms with Crippen LogP contribution in [0.3, 0.4) is 0 Å². The number of anilines is 1. The normalized spacial score (nSPS) is 14.0. The Morgan fingerprint density at radius 2 is 1.55 bits per heavy atom. The molecule has 0 heterocycles. The molecule has 0 bridgehead atoms. The zero-order valence-corrected chi connectivity index (χ0v) is 13.4. The van der Waals surface area contributed by atoms with Gasteiger partial charge in [0.25, 0.3) is 0 Å². The van der Waals surface area contributed by atoms with Gasteiger partial charge in [0.2, 0.25) is 0 Å². The SMILES string of the molecule is CS(=O)(=O)c1cc(NCC(O)CCl)cc(S(C)(=O)=O)c1. The van der Waals surface area contributed by atoms with Crippen LogP contribution in [-0.4, -0.2) is 53.0 Å². The maximum atomic E-state index is 11.6. The van der Waals surface area contributed by atoms with E-state index in [9.17, 15) is 21.9 Å². The monoisotopic (exact) mass is 341 g/mol. The van der Waals surface area contributed by atoms with E-state index in [1.54, 1.807) is 0 Å². The van der Waals surface area contributed by atoms with Gasteiger partial charge in [0.15, 0.2) is 19.7 Å². The van der Waals surface area contributed by atoms with E-state index in [2.05, 4.69) is 5.32 Å². The molecule has 0 saturated heterocycles. The Hall–Kier alpha value is -0.830. The van der Waals surface area contributed by atoms with Gasteiger partial charge in [-0.25, -0.2) is 16.8 Å². The highest BCUT2D eigenvalue weighted by molar-refractivity contribution is 7.91. The van der Waals surface area contributed by atoms with Crippen molar-refractivity contribution in [3.8, 4) is 0 Å². The summed E-state index contributed by atoms with van der Waals surface area (Å²) in [7, 11) is -7.09. The first-order valence-corrected chi connectivity index (χ1v) is 9.89. The van der Waals surface area contributed by atoms with Crippen molar-refractivity contribution in [2.45, 2.75) is 15.9 Å². The number of hydrogen-bond donors (Lipinski definition) is 2. The molecule has 20 heavy (non-hydrogen) atoms. The smallest absolute Gasteiger partial charge is 0.175 e. The molecule has 0 radical (unpaired) electrons. The van der Waals surface area contributed by atoms with Gasteiger partial charge >= 0.3 is 0 Å². The number of sulfone groups is 2. The summed E-state index contributed by atoms with van der Waals surface area (Å²) < 4.78 is 46.3. The van der Waals surface area contributed by atoms with Crippen LogP contribution >= 0.6 is 11.6 Å². The van der Waals surface area contributed by atoms with E-state index in [0.29, 0.717) is 0 Å². The number of aliphatic hydroxyl groups is 1. The Balaban J connectivity index is 3.25. The van der Waals surface area contributed by atoms with E-state index in [1.807, 2.05) is 0 Å². The van der Waals surface area contributed by atoms with E-state index < -0.39 is 25.8 Å². The molecule has 1 unspecified atom stereocenters. The molecular formula is C11H16ClNO5S2. The van der Waals surface area contributed by atoms with Crippen LogP contribution in [0.15, 0.2) is 28.0 Å². The fourth-order valence-electron chi connectivity index (χ4n) is 1.39. The highest BCUT2D eigenvalue weighted by Gasteiger charge is 2.15. The second kappa shape index (κ2) is 6.30. The van der Waals surface area contributed by atoms with Gasteiger partial charge < -0.3 is 10.4 Å². The lowest BCUT2D eigenvalue weighted by molar-refractivity contribution is 0.211. The molecule has 1 aromatic carbocycles. The number of alkyl halides is 1. The predicted octanol–water partition coefficient (Wildman–Crippen LogP) is 0.505. The number of aliphatic hydroxyl groups excluding tert-OH is 1. The van der Waals surface area contributed by atoms with Gasteiger partial charge in [0.05, 0.1) is 21.8 Å². The van der Waals surface area contributed by atoms with Crippen LogP contribution in [-0.2, 0) is 19.7 Å². The lowest BCUT2D eigenvalue weighted by Gasteiger charge is -2.12. The van der Waals surface area contributed by atoms with Gasteiger partial charge in [-0.3, -0.25) is 0 Å². The van der Waals surface area contributed by atoms with Crippen LogP contribution in [0.4, 0.5) is 5.69 Å². The van der Waals surface area contributed by atoms with Crippen LogP contribution < -0.4 is 5.32 Å². The van der Waals surface area contributed by atoms with Crippen molar-refractivity contribution < 1.29 is 21.9 Å². The van der Waals surface area contributed by atoms with Crippen molar-refractivity contribution >= 4 is 37.0 Å². The summed E-state index contributed by atoms with van der Waals surface area (Å²) in [5, 5.41) is 12.1. The third kappa shape index (κ3) is 4.93. The molecule has 0 aromatic heterocycles. The number of halogens is 1. The van der Waals surface area contributed by atoms with E-state index >= 15 is 0 Å². The quantitative estimate of drug-likeness (QED) is 0.731. The Morgan fingerprint density at radius 1 is 1.10 bits per heavy atom. The molecule has 0 aliphatic heterocycles. The molecule has 0 spiro atoms. The third-order valence-electron chi connectivity index (χ3n) is 2.46. The largest absolute Gasteiger partial charge is 0.390 e. The average molecular weight is 342 g/mol. The standard InChI is InChI=1S/C11H16ClNO5S2/c1-19(15,16)10-3-8(13-7-9(14)6-12)4-11(5-10)20(2,17)18/h3-5,9,13-14H,6-7H2,1-2H3. The van der Waals surface area contributed by atoms with Crippen molar-refractivity contribution in [2.75, 3.05) is 30.3 Å². The minimum absolute atomic E-state index is 0.0116. The third-order valence-corrected chi connectivity index (χ3v) is 5.00. The van der Waals surface area contributed by atoms with Crippen molar-refractivity contribution in [1.29, 1.82) is 0 Å². The lowest BCUT2D eigenvalue weighted by atomic mass is 10.3. The highest BCUT2D eigenvalue weighted by atomic mass is 35.5. The first-order chi connectivity index (χ1) is 9.04.